The summed E-state index contributed by atoms with van der Waals surface area (Å²) in [5.74, 6) is -0.690. The number of carbonyl (C=O) groups is 3. The Bertz CT molecular complexity index is 661. The standard InChI is InChI=1S/C15H16F3N3O4/c16-15(17,18)9-4-6-10(7-5-9)19-13(23)21-8-2-1-3-11(12(21)22)20-14(24)25/h4-7,11,20H,1-3,8H2,(H,19,23)(H,24,25)/t11-/m0/s1. The summed E-state index contributed by atoms with van der Waals surface area (Å²) in [7, 11) is 0. The minimum atomic E-state index is -4.49. The monoisotopic (exact) mass is 359 g/mol. The van der Waals surface area contributed by atoms with Crippen LogP contribution in [0.2, 0.25) is 0 Å². The van der Waals surface area contributed by atoms with Gasteiger partial charge in [0.25, 0.3) is 5.91 Å². The summed E-state index contributed by atoms with van der Waals surface area (Å²) in [4.78, 5) is 36.1. The van der Waals surface area contributed by atoms with Gasteiger partial charge in [-0.05, 0) is 43.5 Å². The molecule has 2 rings (SSSR count). The highest BCUT2D eigenvalue weighted by Gasteiger charge is 2.32. The van der Waals surface area contributed by atoms with Crippen molar-refractivity contribution in [3.8, 4) is 0 Å². The number of hydrogen-bond donors (Lipinski definition) is 3. The summed E-state index contributed by atoms with van der Waals surface area (Å²) in [6.45, 7) is 0.100. The topological polar surface area (TPSA) is 98.7 Å². The van der Waals surface area contributed by atoms with E-state index in [2.05, 4.69) is 10.6 Å². The van der Waals surface area contributed by atoms with Gasteiger partial charge in [0.1, 0.15) is 6.04 Å². The average Bonchev–Trinajstić information content (AvgIpc) is 2.69. The minimum absolute atomic E-state index is 0.0952. The van der Waals surface area contributed by atoms with Gasteiger partial charge in [-0.1, -0.05) is 0 Å². The van der Waals surface area contributed by atoms with Crippen molar-refractivity contribution in [1.29, 1.82) is 0 Å². The molecule has 1 aliphatic heterocycles. The van der Waals surface area contributed by atoms with Gasteiger partial charge < -0.3 is 15.7 Å². The molecule has 0 radical (unpaired) electrons. The number of imide groups is 1. The molecule has 0 aliphatic carbocycles. The number of halogens is 3. The maximum atomic E-state index is 12.5. The first-order chi connectivity index (χ1) is 11.7. The predicted octanol–water partition coefficient (Wildman–Crippen LogP) is 2.89. The molecule has 25 heavy (non-hydrogen) atoms. The van der Waals surface area contributed by atoms with Crippen molar-refractivity contribution < 1.29 is 32.7 Å². The Labute approximate surface area is 140 Å². The summed E-state index contributed by atoms with van der Waals surface area (Å²) >= 11 is 0. The molecule has 0 bridgehead atoms. The van der Waals surface area contributed by atoms with Gasteiger partial charge in [-0.3, -0.25) is 9.69 Å². The Morgan fingerprint density at radius 3 is 2.36 bits per heavy atom. The van der Waals surface area contributed by atoms with E-state index in [0.29, 0.717) is 12.8 Å². The van der Waals surface area contributed by atoms with Gasteiger partial charge in [0.15, 0.2) is 0 Å². The summed E-state index contributed by atoms with van der Waals surface area (Å²) in [6, 6.07) is 1.94. The number of carboxylic acid groups (broad SMARTS) is 1. The number of alkyl halides is 3. The van der Waals surface area contributed by atoms with Crippen LogP contribution in [0, 0.1) is 0 Å². The molecule has 0 unspecified atom stereocenters. The average molecular weight is 359 g/mol. The lowest BCUT2D eigenvalue weighted by Gasteiger charge is -2.23. The maximum absolute atomic E-state index is 12.5. The Morgan fingerprint density at radius 1 is 1.16 bits per heavy atom. The first-order valence-corrected chi connectivity index (χ1v) is 7.47. The molecule has 1 aromatic rings. The predicted molar refractivity (Wildman–Crippen MR) is 81.0 cm³/mol. The Morgan fingerprint density at radius 2 is 1.80 bits per heavy atom. The Balaban J connectivity index is 2.08. The van der Waals surface area contributed by atoms with E-state index in [9.17, 15) is 27.6 Å². The first-order valence-electron chi connectivity index (χ1n) is 7.47. The molecular formula is C15H16F3N3O4. The third kappa shape index (κ3) is 4.85. The Kier molecular flexibility index (Phi) is 5.50. The fraction of sp³-hybridized carbons (Fsp3) is 0.400. The number of rotatable bonds is 2. The molecule has 1 aliphatic rings. The SMILES string of the molecule is O=C(O)N[C@H]1CCCCN(C(=O)Nc2ccc(C(F)(F)F)cc2)C1=O. The molecule has 3 N–H and O–H groups in total. The molecule has 1 heterocycles. The van der Waals surface area contributed by atoms with Crippen molar-refractivity contribution in [1.82, 2.24) is 10.2 Å². The second-order valence-electron chi connectivity index (χ2n) is 5.49. The second-order valence-corrected chi connectivity index (χ2v) is 5.49. The highest BCUT2D eigenvalue weighted by molar-refractivity contribution is 6.03. The number of nitrogens with zero attached hydrogens (tertiary/aromatic N) is 1. The third-order valence-corrected chi connectivity index (χ3v) is 3.70. The van der Waals surface area contributed by atoms with Crippen molar-refractivity contribution in [2.24, 2.45) is 0 Å². The van der Waals surface area contributed by atoms with Crippen molar-refractivity contribution in [2.75, 3.05) is 11.9 Å². The first kappa shape index (κ1) is 18.6. The minimum Gasteiger partial charge on any atom is -0.465 e. The van der Waals surface area contributed by atoms with Gasteiger partial charge in [-0.15, -0.1) is 0 Å². The molecular weight excluding hydrogens is 343 g/mol. The second kappa shape index (κ2) is 7.41. The third-order valence-electron chi connectivity index (χ3n) is 3.70. The molecule has 1 saturated heterocycles. The van der Waals surface area contributed by atoms with Crippen molar-refractivity contribution in [3.63, 3.8) is 0 Å². The van der Waals surface area contributed by atoms with Crippen LogP contribution in [0.15, 0.2) is 24.3 Å². The van der Waals surface area contributed by atoms with E-state index in [1.807, 2.05) is 0 Å². The zero-order valence-corrected chi connectivity index (χ0v) is 13.0. The quantitative estimate of drug-likeness (QED) is 0.756. The lowest BCUT2D eigenvalue weighted by molar-refractivity contribution is -0.137. The van der Waals surface area contributed by atoms with Gasteiger partial charge in [0.05, 0.1) is 5.56 Å². The van der Waals surface area contributed by atoms with E-state index in [1.165, 1.54) is 0 Å². The highest BCUT2D eigenvalue weighted by Crippen LogP contribution is 2.29. The molecule has 4 amide bonds. The molecule has 136 valence electrons. The molecule has 1 fully saturated rings. The number of carbonyl (C=O) groups excluding carboxylic acids is 2. The van der Waals surface area contributed by atoms with E-state index in [0.717, 1.165) is 29.2 Å². The van der Waals surface area contributed by atoms with E-state index in [-0.39, 0.29) is 18.7 Å². The van der Waals surface area contributed by atoms with Gasteiger partial charge in [-0.25, -0.2) is 9.59 Å². The number of anilines is 1. The van der Waals surface area contributed by atoms with E-state index in [4.69, 9.17) is 5.11 Å². The number of likely N-dealkylation sites (tertiary alicyclic amines) is 1. The number of benzene rings is 1. The largest absolute Gasteiger partial charge is 0.465 e. The molecule has 0 aromatic heterocycles. The van der Waals surface area contributed by atoms with Crippen LogP contribution in [0.4, 0.5) is 28.4 Å². The molecule has 10 heteroatoms. The normalized spacial score (nSPS) is 18.4. The van der Waals surface area contributed by atoms with Crippen LogP contribution in [0.1, 0.15) is 24.8 Å². The molecule has 1 atom stereocenters. The van der Waals surface area contributed by atoms with Crippen LogP contribution in [-0.4, -0.2) is 40.6 Å². The van der Waals surface area contributed by atoms with E-state index < -0.39 is 35.8 Å². The fourth-order valence-electron chi connectivity index (χ4n) is 2.46. The zero-order valence-electron chi connectivity index (χ0n) is 13.0. The van der Waals surface area contributed by atoms with Crippen LogP contribution in [0.3, 0.4) is 0 Å². The van der Waals surface area contributed by atoms with Crippen LogP contribution in [-0.2, 0) is 11.0 Å². The fourth-order valence-corrected chi connectivity index (χ4v) is 2.46. The van der Waals surface area contributed by atoms with Crippen molar-refractivity contribution in [2.45, 2.75) is 31.5 Å². The summed E-state index contributed by atoms with van der Waals surface area (Å²) in [5, 5.41) is 13.2. The summed E-state index contributed by atoms with van der Waals surface area (Å²) in [6.07, 6.45) is -4.53. The zero-order chi connectivity index (χ0) is 18.6. The lowest BCUT2D eigenvalue weighted by Crippen LogP contribution is -2.50. The van der Waals surface area contributed by atoms with Gasteiger partial charge >= 0.3 is 18.3 Å². The lowest BCUT2D eigenvalue weighted by atomic mass is 10.1. The van der Waals surface area contributed by atoms with Gasteiger partial charge in [-0.2, -0.15) is 13.2 Å². The maximum Gasteiger partial charge on any atom is 0.416 e. The number of hydrogen-bond acceptors (Lipinski definition) is 3. The van der Waals surface area contributed by atoms with Gasteiger partial charge in [0, 0.05) is 12.2 Å². The molecule has 1 aromatic carbocycles. The van der Waals surface area contributed by atoms with Crippen molar-refractivity contribution >= 4 is 23.7 Å². The van der Waals surface area contributed by atoms with Crippen LogP contribution < -0.4 is 10.6 Å². The van der Waals surface area contributed by atoms with Gasteiger partial charge in [0.2, 0.25) is 0 Å². The Hall–Kier alpha value is -2.78. The number of urea groups is 1. The summed E-state index contributed by atoms with van der Waals surface area (Å²) < 4.78 is 37.6. The molecule has 7 nitrogen and oxygen atoms in total. The van der Waals surface area contributed by atoms with Crippen LogP contribution in [0.25, 0.3) is 0 Å². The van der Waals surface area contributed by atoms with E-state index in [1.54, 1.807) is 0 Å². The highest BCUT2D eigenvalue weighted by atomic mass is 19.4. The molecule has 0 spiro atoms. The smallest absolute Gasteiger partial charge is 0.416 e. The van der Waals surface area contributed by atoms with Crippen molar-refractivity contribution in [3.05, 3.63) is 29.8 Å². The summed E-state index contributed by atoms with van der Waals surface area (Å²) in [5.41, 5.74) is -0.764. The van der Waals surface area contributed by atoms with Crippen LogP contribution >= 0.6 is 0 Å². The number of amides is 4. The molecule has 0 saturated carbocycles. The van der Waals surface area contributed by atoms with Crippen LogP contribution in [0.5, 0.6) is 0 Å². The number of nitrogens with one attached hydrogen (secondary N) is 2. The van der Waals surface area contributed by atoms with E-state index >= 15 is 0 Å².